The smallest absolute Gasteiger partial charge is 0.329 e. The van der Waals surface area contributed by atoms with Gasteiger partial charge in [-0.1, -0.05) is 6.07 Å². The SMILES string of the molecule is COC(=O)C[C@H](C(=O)OC)[C@H](NC(=O)c1cccc(F)c1)C(=O)OC. The highest BCUT2D eigenvalue weighted by molar-refractivity contribution is 5.98. The fraction of sp³-hybridized carbons (Fsp3) is 0.375. The van der Waals surface area contributed by atoms with Crippen molar-refractivity contribution in [3.8, 4) is 0 Å². The van der Waals surface area contributed by atoms with E-state index in [0.717, 1.165) is 33.5 Å². The molecule has 0 saturated heterocycles. The zero-order chi connectivity index (χ0) is 19.0. The number of amides is 1. The summed E-state index contributed by atoms with van der Waals surface area (Å²) in [6.45, 7) is 0. The van der Waals surface area contributed by atoms with Crippen LogP contribution in [0, 0.1) is 11.7 Å². The predicted molar refractivity (Wildman–Crippen MR) is 81.8 cm³/mol. The molecule has 136 valence electrons. The Balaban J connectivity index is 3.11. The van der Waals surface area contributed by atoms with Gasteiger partial charge in [0.25, 0.3) is 5.91 Å². The first-order valence-electron chi connectivity index (χ1n) is 7.13. The van der Waals surface area contributed by atoms with E-state index in [0.29, 0.717) is 0 Å². The lowest BCUT2D eigenvalue weighted by Crippen LogP contribution is -2.50. The van der Waals surface area contributed by atoms with Gasteiger partial charge in [0.15, 0.2) is 0 Å². The van der Waals surface area contributed by atoms with Gasteiger partial charge >= 0.3 is 17.9 Å². The summed E-state index contributed by atoms with van der Waals surface area (Å²) < 4.78 is 26.9. The molecule has 1 aromatic rings. The molecule has 1 N–H and O–H groups in total. The lowest BCUT2D eigenvalue weighted by Gasteiger charge is -2.23. The van der Waals surface area contributed by atoms with Crippen molar-refractivity contribution in [3.05, 3.63) is 35.6 Å². The molecule has 0 unspecified atom stereocenters. The van der Waals surface area contributed by atoms with Gasteiger partial charge in [-0.05, 0) is 18.2 Å². The van der Waals surface area contributed by atoms with Crippen LogP contribution >= 0.6 is 0 Å². The summed E-state index contributed by atoms with van der Waals surface area (Å²) >= 11 is 0. The molecule has 0 aliphatic heterocycles. The fourth-order valence-electron chi connectivity index (χ4n) is 2.06. The Morgan fingerprint density at radius 3 is 2.20 bits per heavy atom. The Morgan fingerprint density at radius 1 is 1.04 bits per heavy atom. The summed E-state index contributed by atoms with van der Waals surface area (Å²) in [5, 5.41) is 2.27. The van der Waals surface area contributed by atoms with Gasteiger partial charge in [-0.25, -0.2) is 9.18 Å². The lowest BCUT2D eigenvalue weighted by atomic mass is 9.95. The molecule has 0 saturated carbocycles. The van der Waals surface area contributed by atoms with Crippen LogP contribution in [0.5, 0.6) is 0 Å². The fourth-order valence-corrected chi connectivity index (χ4v) is 2.06. The first kappa shape index (κ1) is 20.1. The minimum Gasteiger partial charge on any atom is -0.469 e. The normalized spacial score (nSPS) is 12.5. The van der Waals surface area contributed by atoms with Crippen LogP contribution in [0.4, 0.5) is 4.39 Å². The number of rotatable bonds is 7. The minimum absolute atomic E-state index is 0.0735. The number of halogens is 1. The van der Waals surface area contributed by atoms with Crippen LogP contribution < -0.4 is 5.32 Å². The van der Waals surface area contributed by atoms with Gasteiger partial charge in [-0.15, -0.1) is 0 Å². The zero-order valence-corrected chi connectivity index (χ0v) is 13.9. The van der Waals surface area contributed by atoms with Gasteiger partial charge in [-0.3, -0.25) is 14.4 Å². The average molecular weight is 355 g/mol. The molecule has 0 heterocycles. The van der Waals surface area contributed by atoms with Gasteiger partial charge in [0.05, 0.1) is 33.7 Å². The molecule has 1 aromatic carbocycles. The molecule has 0 aliphatic carbocycles. The third kappa shape index (κ3) is 5.55. The Labute approximate surface area is 143 Å². The van der Waals surface area contributed by atoms with Crippen LogP contribution in [-0.4, -0.2) is 51.2 Å². The van der Waals surface area contributed by atoms with E-state index >= 15 is 0 Å². The highest BCUT2D eigenvalue weighted by Crippen LogP contribution is 2.15. The molecule has 9 heteroatoms. The highest BCUT2D eigenvalue weighted by Gasteiger charge is 2.38. The van der Waals surface area contributed by atoms with Crippen molar-refractivity contribution in [3.63, 3.8) is 0 Å². The molecule has 0 radical (unpaired) electrons. The maximum absolute atomic E-state index is 13.2. The summed E-state index contributed by atoms with van der Waals surface area (Å²) in [7, 11) is 3.22. The number of nitrogens with one attached hydrogen (secondary N) is 1. The molecule has 0 bridgehead atoms. The van der Waals surface area contributed by atoms with Crippen LogP contribution in [0.2, 0.25) is 0 Å². The van der Waals surface area contributed by atoms with E-state index in [4.69, 9.17) is 0 Å². The van der Waals surface area contributed by atoms with Crippen molar-refractivity contribution >= 4 is 23.8 Å². The van der Waals surface area contributed by atoms with Crippen molar-refractivity contribution in [1.29, 1.82) is 0 Å². The van der Waals surface area contributed by atoms with E-state index in [1.54, 1.807) is 0 Å². The van der Waals surface area contributed by atoms with E-state index in [2.05, 4.69) is 19.5 Å². The van der Waals surface area contributed by atoms with Gasteiger partial charge in [0, 0.05) is 5.56 Å². The summed E-state index contributed by atoms with van der Waals surface area (Å²) in [5.41, 5.74) is -0.0735. The standard InChI is InChI=1S/C16H18FNO7/c1-23-12(19)8-11(15(21)24-2)13(16(22)25-3)18-14(20)9-5-4-6-10(17)7-9/h4-7,11,13H,8H2,1-3H3,(H,18,20)/t11-,13-/m0/s1. The second-order valence-electron chi connectivity index (χ2n) is 4.89. The van der Waals surface area contributed by atoms with Crippen LogP contribution in [-0.2, 0) is 28.6 Å². The summed E-state index contributed by atoms with van der Waals surface area (Å²) in [4.78, 5) is 47.7. The molecular formula is C16H18FNO7. The first-order chi connectivity index (χ1) is 11.8. The third-order valence-corrected chi connectivity index (χ3v) is 3.35. The average Bonchev–Trinajstić information content (AvgIpc) is 2.62. The number of hydrogen-bond donors (Lipinski definition) is 1. The Hall–Kier alpha value is -2.97. The summed E-state index contributed by atoms with van der Waals surface area (Å²) in [6.07, 6.45) is -0.521. The Morgan fingerprint density at radius 2 is 1.68 bits per heavy atom. The molecule has 0 aliphatic rings. The molecule has 0 fully saturated rings. The zero-order valence-electron chi connectivity index (χ0n) is 13.9. The number of methoxy groups -OCH3 is 3. The highest BCUT2D eigenvalue weighted by atomic mass is 19.1. The Kier molecular flexibility index (Phi) is 7.51. The molecular weight excluding hydrogens is 337 g/mol. The first-order valence-corrected chi connectivity index (χ1v) is 7.13. The number of carbonyl (C=O) groups is 4. The van der Waals surface area contributed by atoms with Crippen molar-refractivity contribution in [2.24, 2.45) is 5.92 Å². The molecule has 1 amide bonds. The van der Waals surface area contributed by atoms with E-state index < -0.39 is 48.0 Å². The van der Waals surface area contributed by atoms with E-state index in [9.17, 15) is 23.6 Å². The number of carbonyl (C=O) groups excluding carboxylic acids is 4. The second-order valence-corrected chi connectivity index (χ2v) is 4.89. The van der Waals surface area contributed by atoms with E-state index in [-0.39, 0.29) is 5.56 Å². The maximum atomic E-state index is 13.2. The van der Waals surface area contributed by atoms with Gasteiger partial charge in [0.1, 0.15) is 11.9 Å². The van der Waals surface area contributed by atoms with Crippen molar-refractivity contribution < 1.29 is 37.8 Å². The molecule has 8 nitrogen and oxygen atoms in total. The quantitative estimate of drug-likeness (QED) is 0.559. The minimum atomic E-state index is -1.52. The van der Waals surface area contributed by atoms with Crippen molar-refractivity contribution in [2.45, 2.75) is 12.5 Å². The maximum Gasteiger partial charge on any atom is 0.329 e. The number of ether oxygens (including phenoxy) is 3. The van der Waals surface area contributed by atoms with Gasteiger partial charge in [-0.2, -0.15) is 0 Å². The van der Waals surface area contributed by atoms with E-state index in [1.165, 1.54) is 12.1 Å². The lowest BCUT2D eigenvalue weighted by molar-refractivity contribution is -0.158. The predicted octanol–water partition coefficient (Wildman–Crippen LogP) is 0.449. The van der Waals surface area contributed by atoms with Gasteiger partial charge < -0.3 is 19.5 Å². The number of benzene rings is 1. The topological polar surface area (TPSA) is 108 Å². The number of hydrogen-bond acceptors (Lipinski definition) is 7. The monoisotopic (exact) mass is 355 g/mol. The summed E-state index contributed by atoms with van der Waals surface area (Å²) in [6, 6.07) is 3.21. The van der Waals surface area contributed by atoms with Gasteiger partial charge in [0.2, 0.25) is 0 Å². The van der Waals surface area contributed by atoms with Crippen LogP contribution in [0.3, 0.4) is 0 Å². The van der Waals surface area contributed by atoms with E-state index in [1.807, 2.05) is 0 Å². The largest absolute Gasteiger partial charge is 0.469 e. The van der Waals surface area contributed by atoms with Crippen molar-refractivity contribution in [2.75, 3.05) is 21.3 Å². The molecule has 2 atom stereocenters. The molecule has 25 heavy (non-hydrogen) atoms. The Bertz CT molecular complexity index is 662. The molecule has 0 aromatic heterocycles. The third-order valence-electron chi connectivity index (χ3n) is 3.35. The second kappa shape index (κ2) is 9.36. The molecule has 1 rings (SSSR count). The van der Waals surface area contributed by atoms with Crippen LogP contribution in [0.15, 0.2) is 24.3 Å². The molecule has 0 spiro atoms. The van der Waals surface area contributed by atoms with Crippen LogP contribution in [0.1, 0.15) is 16.8 Å². The summed E-state index contributed by atoms with van der Waals surface area (Å²) in [5.74, 6) is -5.52. The number of esters is 3. The van der Waals surface area contributed by atoms with Crippen LogP contribution in [0.25, 0.3) is 0 Å². The van der Waals surface area contributed by atoms with Crippen molar-refractivity contribution in [1.82, 2.24) is 5.32 Å².